The van der Waals surface area contributed by atoms with Crippen LogP contribution >= 0.6 is 0 Å². The van der Waals surface area contributed by atoms with Gasteiger partial charge in [0, 0.05) is 31.7 Å². The third kappa shape index (κ3) is 5.17. The Hall–Kier alpha value is -1.13. The summed E-state index contributed by atoms with van der Waals surface area (Å²) < 4.78 is 24.3. The Morgan fingerprint density at radius 2 is 2.05 bits per heavy atom. The molecule has 0 bridgehead atoms. The average Bonchev–Trinajstić information content (AvgIpc) is 2.38. The lowest BCUT2D eigenvalue weighted by Crippen LogP contribution is -2.21. The number of rotatable bonds is 8. The van der Waals surface area contributed by atoms with Gasteiger partial charge in [-0.1, -0.05) is 6.92 Å². The van der Waals surface area contributed by atoms with Crippen molar-refractivity contribution in [2.45, 2.75) is 39.3 Å². The summed E-state index contributed by atoms with van der Waals surface area (Å²) >= 11 is 0. The minimum atomic E-state index is -0.239. The van der Waals surface area contributed by atoms with Crippen LogP contribution in [-0.4, -0.2) is 26.4 Å². The number of halogens is 1. The number of hydrogen-bond acceptors (Lipinski definition) is 3. The molecule has 0 heterocycles. The molecule has 0 saturated carbocycles. The van der Waals surface area contributed by atoms with Gasteiger partial charge in [-0.3, -0.25) is 0 Å². The molecule has 0 aliphatic rings. The summed E-state index contributed by atoms with van der Waals surface area (Å²) in [5.41, 5.74) is 0.853. The zero-order valence-corrected chi connectivity index (χ0v) is 12.2. The molecule has 1 N–H and O–H groups in total. The number of hydrogen-bond donors (Lipinski definition) is 1. The van der Waals surface area contributed by atoms with Crippen LogP contribution in [0.15, 0.2) is 18.2 Å². The molecule has 0 aromatic heterocycles. The third-order valence-electron chi connectivity index (χ3n) is 3.01. The van der Waals surface area contributed by atoms with Gasteiger partial charge in [-0.05, 0) is 38.6 Å². The van der Waals surface area contributed by atoms with Crippen molar-refractivity contribution in [2.75, 3.05) is 20.3 Å². The van der Waals surface area contributed by atoms with E-state index in [0.717, 1.165) is 24.3 Å². The summed E-state index contributed by atoms with van der Waals surface area (Å²) in [7, 11) is 1.67. The summed E-state index contributed by atoms with van der Waals surface area (Å²) in [6.45, 7) is 7.50. The lowest BCUT2D eigenvalue weighted by molar-refractivity contribution is 0.134. The first kappa shape index (κ1) is 15.9. The van der Waals surface area contributed by atoms with E-state index >= 15 is 0 Å². The van der Waals surface area contributed by atoms with Crippen LogP contribution in [0.3, 0.4) is 0 Å². The molecule has 0 aliphatic carbocycles. The van der Waals surface area contributed by atoms with Crippen LogP contribution in [0.4, 0.5) is 4.39 Å². The fourth-order valence-electron chi connectivity index (χ4n) is 1.94. The molecule has 0 spiro atoms. The van der Waals surface area contributed by atoms with Crippen LogP contribution in [0.2, 0.25) is 0 Å². The van der Waals surface area contributed by atoms with Crippen molar-refractivity contribution in [2.24, 2.45) is 0 Å². The average molecular weight is 269 g/mol. The second-order valence-electron chi connectivity index (χ2n) is 4.67. The van der Waals surface area contributed by atoms with E-state index in [-0.39, 0.29) is 18.0 Å². The zero-order chi connectivity index (χ0) is 14.3. The Morgan fingerprint density at radius 3 is 2.68 bits per heavy atom. The molecule has 0 aliphatic heterocycles. The third-order valence-corrected chi connectivity index (χ3v) is 3.01. The highest BCUT2D eigenvalue weighted by molar-refractivity contribution is 5.36. The van der Waals surface area contributed by atoms with Crippen molar-refractivity contribution in [3.8, 4) is 5.75 Å². The lowest BCUT2D eigenvalue weighted by Gasteiger charge is -2.21. The molecule has 1 rings (SSSR count). The fourth-order valence-corrected chi connectivity index (χ4v) is 1.94. The van der Waals surface area contributed by atoms with Crippen LogP contribution in [0.25, 0.3) is 0 Å². The van der Waals surface area contributed by atoms with Gasteiger partial charge in [0.2, 0.25) is 0 Å². The topological polar surface area (TPSA) is 30.5 Å². The maximum Gasteiger partial charge on any atom is 0.124 e. The standard InChI is InChI=1S/C15H24FNO2/c1-5-17-12(3)14-10-13(16)6-7-15(14)19-11(2)8-9-18-4/h6-7,10-12,17H,5,8-9H2,1-4H3. The smallest absolute Gasteiger partial charge is 0.124 e. The SMILES string of the molecule is CCNC(C)c1cc(F)ccc1OC(C)CCOC. The second-order valence-corrected chi connectivity index (χ2v) is 4.67. The molecule has 1 aromatic rings. The molecule has 2 unspecified atom stereocenters. The molecule has 108 valence electrons. The molecule has 0 saturated heterocycles. The van der Waals surface area contributed by atoms with Crippen LogP contribution in [0.1, 0.15) is 38.8 Å². The van der Waals surface area contributed by atoms with E-state index in [9.17, 15) is 4.39 Å². The Balaban J connectivity index is 2.81. The van der Waals surface area contributed by atoms with Gasteiger partial charge in [0.15, 0.2) is 0 Å². The van der Waals surface area contributed by atoms with E-state index in [4.69, 9.17) is 9.47 Å². The van der Waals surface area contributed by atoms with E-state index in [2.05, 4.69) is 5.32 Å². The number of methoxy groups -OCH3 is 1. The van der Waals surface area contributed by atoms with Crippen molar-refractivity contribution in [3.05, 3.63) is 29.6 Å². The molecule has 0 fully saturated rings. The highest BCUT2D eigenvalue weighted by atomic mass is 19.1. The molecule has 19 heavy (non-hydrogen) atoms. The molecule has 0 amide bonds. The normalized spacial score (nSPS) is 14.2. The lowest BCUT2D eigenvalue weighted by atomic mass is 10.1. The quantitative estimate of drug-likeness (QED) is 0.785. The Morgan fingerprint density at radius 1 is 1.32 bits per heavy atom. The number of nitrogens with one attached hydrogen (secondary N) is 1. The molecular weight excluding hydrogens is 245 g/mol. The monoisotopic (exact) mass is 269 g/mol. The Bertz CT molecular complexity index is 384. The highest BCUT2D eigenvalue weighted by Crippen LogP contribution is 2.27. The second kappa shape index (κ2) is 8.12. The molecule has 1 aromatic carbocycles. The van der Waals surface area contributed by atoms with Gasteiger partial charge < -0.3 is 14.8 Å². The van der Waals surface area contributed by atoms with Crippen LogP contribution < -0.4 is 10.1 Å². The minimum Gasteiger partial charge on any atom is -0.490 e. The van der Waals surface area contributed by atoms with Gasteiger partial charge in [0.05, 0.1) is 6.10 Å². The first-order valence-corrected chi connectivity index (χ1v) is 6.76. The van der Waals surface area contributed by atoms with E-state index in [1.54, 1.807) is 13.2 Å². The predicted octanol–water partition coefficient (Wildman–Crippen LogP) is 3.30. The van der Waals surface area contributed by atoms with Crippen LogP contribution in [0.5, 0.6) is 5.75 Å². The van der Waals surface area contributed by atoms with Crippen molar-refractivity contribution >= 4 is 0 Å². The maximum absolute atomic E-state index is 13.4. The highest BCUT2D eigenvalue weighted by Gasteiger charge is 2.14. The Kier molecular flexibility index (Phi) is 6.81. The van der Waals surface area contributed by atoms with E-state index in [1.807, 2.05) is 20.8 Å². The summed E-state index contributed by atoms with van der Waals surface area (Å²) in [6, 6.07) is 4.72. The predicted molar refractivity (Wildman–Crippen MR) is 75.1 cm³/mol. The molecule has 4 heteroatoms. The van der Waals surface area contributed by atoms with Gasteiger partial charge in [-0.15, -0.1) is 0 Å². The van der Waals surface area contributed by atoms with Gasteiger partial charge in [0.25, 0.3) is 0 Å². The molecular formula is C15H24FNO2. The fraction of sp³-hybridized carbons (Fsp3) is 0.600. The van der Waals surface area contributed by atoms with Crippen LogP contribution in [-0.2, 0) is 4.74 Å². The first-order valence-electron chi connectivity index (χ1n) is 6.76. The summed E-state index contributed by atoms with van der Waals surface area (Å²) in [6.07, 6.45) is 0.848. The molecule has 2 atom stereocenters. The van der Waals surface area contributed by atoms with Gasteiger partial charge in [-0.25, -0.2) is 4.39 Å². The maximum atomic E-state index is 13.4. The van der Waals surface area contributed by atoms with Crippen molar-refractivity contribution in [1.82, 2.24) is 5.32 Å². The van der Waals surface area contributed by atoms with E-state index < -0.39 is 0 Å². The van der Waals surface area contributed by atoms with E-state index in [1.165, 1.54) is 12.1 Å². The van der Waals surface area contributed by atoms with Gasteiger partial charge in [-0.2, -0.15) is 0 Å². The summed E-state index contributed by atoms with van der Waals surface area (Å²) in [5, 5.41) is 3.27. The van der Waals surface area contributed by atoms with Gasteiger partial charge in [0.1, 0.15) is 11.6 Å². The molecule has 0 radical (unpaired) electrons. The summed E-state index contributed by atoms with van der Waals surface area (Å²) in [4.78, 5) is 0. The zero-order valence-electron chi connectivity index (χ0n) is 12.2. The number of ether oxygens (including phenoxy) is 2. The largest absolute Gasteiger partial charge is 0.490 e. The summed E-state index contributed by atoms with van der Waals surface area (Å²) in [5.74, 6) is 0.495. The van der Waals surface area contributed by atoms with Crippen LogP contribution in [0, 0.1) is 5.82 Å². The Labute approximate surface area is 115 Å². The minimum absolute atomic E-state index is 0.0398. The van der Waals surface area contributed by atoms with Crippen molar-refractivity contribution in [1.29, 1.82) is 0 Å². The van der Waals surface area contributed by atoms with Crippen molar-refractivity contribution < 1.29 is 13.9 Å². The van der Waals surface area contributed by atoms with E-state index in [0.29, 0.717) is 6.61 Å². The van der Waals surface area contributed by atoms with Crippen molar-refractivity contribution in [3.63, 3.8) is 0 Å². The molecule has 3 nitrogen and oxygen atoms in total. The van der Waals surface area contributed by atoms with Gasteiger partial charge >= 0.3 is 0 Å². The number of benzene rings is 1. The first-order chi connectivity index (χ1) is 9.08.